The first-order valence-electron chi connectivity index (χ1n) is 8.28. The fraction of sp³-hybridized carbons (Fsp3) is 0.316. The van der Waals surface area contributed by atoms with Crippen LogP contribution in [0.4, 0.5) is 17.1 Å². The summed E-state index contributed by atoms with van der Waals surface area (Å²) in [5.41, 5.74) is 9.13. The molecule has 0 radical (unpaired) electrons. The summed E-state index contributed by atoms with van der Waals surface area (Å²) < 4.78 is 0.935. The van der Waals surface area contributed by atoms with E-state index in [-0.39, 0.29) is 5.91 Å². The summed E-state index contributed by atoms with van der Waals surface area (Å²) in [6, 6.07) is 13.8. The van der Waals surface area contributed by atoms with Crippen LogP contribution in [-0.4, -0.2) is 18.5 Å². The predicted molar refractivity (Wildman–Crippen MR) is 109 cm³/mol. The van der Waals surface area contributed by atoms with E-state index in [1.54, 1.807) is 0 Å². The molecule has 126 valence electrons. The number of nitrogens with one attached hydrogen (secondary N) is 1. The van der Waals surface area contributed by atoms with Crippen molar-refractivity contribution in [3.8, 4) is 0 Å². The predicted octanol–water partition coefficient (Wildman–Crippen LogP) is 4.50. The van der Waals surface area contributed by atoms with Crippen molar-refractivity contribution in [1.29, 1.82) is 0 Å². The molecule has 1 atom stereocenters. The number of hydrogen-bond donors (Lipinski definition) is 2. The van der Waals surface area contributed by atoms with Crippen LogP contribution in [-0.2, 0) is 0 Å². The van der Waals surface area contributed by atoms with Crippen LogP contribution in [0.3, 0.4) is 0 Å². The minimum atomic E-state index is -0.100. The Labute approximate surface area is 156 Å². The number of hydrogen-bond acceptors (Lipinski definition) is 3. The van der Waals surface area contributed by atoms with Crippen molar-refractivity contribution in [1.82, 2.24) is 0 Å². The standard InChI is InChI=1S/C19H22IN3O/c1-13-6-4-5-11-23(13)18-10-9-14(21)12-17(18)22-19(24)15-7-2-3-8-16(15)20/h2-3,7-10,12-13H,4-6,11,21H2,1H3,(H,22,24)/t13-/m1/s1. The van der Waals surface area contributed by atoms with Crippen LogP contribution in [0.5, 0.6) is 0 Å². The molecule has 0 aromatic heterocycles. The fourth-order valence-electron chi connectivity index (χ4n) is 3.20. The van der Waals surface area contributed by atoms with Gasteiger partial charge in [-0.25, -0.2) is 0 Å². The van der Waals surface area contributed by atoms with E-state index < -0.39 is 0 Å². The number of amides is 1. The first-order valence-corrected chi connectivity index (χ1v) is 9.36. The van der Waals surface area contributed by atoms with E-state index in [0.29, 0.717) is 17.3 Å². The number of carbonyl (C=O) groups is 1. The smallest absolute Gasteiger partial charge is 0.256 e. The van der Waals surface area contributed by atoms with Crippen LogP contribution in [0.1, 0.15) is 36.5 Å². The van der Waals surface area contributed by atoms with Crippen molar-refractivity contribution in [3.05, 3.63) is 51.6 Å². The molecule has 3 rings (SSSR count). The molecule has 1 amide bonds. The van der Waals surface area contributed by atoms with Gasteiger partial charge < -0.3 is 16.0 Å². The number of halogens is 1. The molecule has 3 N–H and O–H groups in total. The van der Waals surface area contributed by atoms with Gasteiger partial charge in [0, 0.05) is 21.8 Å². The third kappa shape index (κ3) is 3.66. The van der Waals surface area contributed by atoms with Crippen LogP contribution in [0, 0.1) is 3.57 Å². The Hall–Kier alpha value is -1.76. The lowest BCUT2D eigenvalue weighted by molar-refractivity contribution is 0.102. The normalized spacial score (nSPS) is 17.6. The van der Waals surface area contributed by atoms with Gasteiger partial charge in [0.15, 0.2) is 0 Å². The quantitative estimate of drug-likeness (QED) is 0.551. The molecule has 1 fully saturated rings. The molecule has 0 bridgehead atoms. The number of anilines is 3. The van der Waals surface area contributed by atoms with Crippen LogP contribution < -0.4 is 16.0 Å². The Bertz CT molecular complexity index is 747. The van der Waals surface area contributed by atoms with E-state index in [9.17, 15) is 4.79 Å². The Morgan fingerprint density at radius 2 is 2.04 bits per heavy atom. The lowest BCUT2D eigenvalue weighted by Crippen LogP contribution is -2.38. The third-order valence-corrected chi connectivity index (χ3v) is 5.44. The highest BCUT2D eigenvalue weighted by molar-refractivity contribution is 14.1. The van der Waals surface area contributed by atoms with Crippen molar-refractivity contribution < 1.29 is 4.79 Å². The number of carbonyl (C=O) groups excluding carboxylic acids is 1. The molecule has 1 aliphatic heterocycles. The Morgan fingerprint density at radius 3 is 2.79 bits per heavy atom. The van der Waals surface area contributed by atoms with Crippen molar-refractivity contribution in [3.63, 3.8) is 0 Å². The summed E-state index contributed by atoms with van der Waals surface area (Å²) in [5, 5.41) is 3.06. The monoisotopic (exact) mass is 435 g/mol. The molecule has 1 saturated heterocycles. The lowest BCUT2D eigenvalue weighted by Gasteiger charge is -2.36. The second-order valence-corrected chi connectivity index (χ2v) is 7.41. The summed E-state index contributed by atoms with van der Waals surface area (Å²) in [5.74, 6) is -0.100. The highest BCUT2D eigenvalue weighted by Crippen LogP contribution is 2.33. The summed E-state index contributed by atoms with van der Waals surface area (Å²) >= 11 is 2.18. The molecule has 0 aliphatic carbocycles. The number of benzene rings is 2. The minimum absolute atomic E-state index is 0.100. The van der Waals surface area contributed by atoms with Gasteiger partial charge in [0.1, 0.15) is 0 Å². The molecule has 0 saturated carbocycles. The summed E-state index contributed by atoms with van der Waals surface area (Å²) in [4.78, 5) is 15.1. The van der Waals surface area contributed by atoms with E-state index in [2.05, 4.69) is 39.7 Å². The largest absolute Gasteiger partial charge is 0.399 e. The maximum absolute atomic E-state index is 12.7. The van der Waals surface area contributed by atoms with Gasteiger partial charge in [0.2, 0.25) is 0 Å². The number of nitrogens with two attached hydrogens (primary N) is 1. The molecular formula is C19H22IN3O. The number of rotatable bonds is 3. The van der Waals surface area contributed by atoms with Crippen LogP contribution in [0.15, 0.2) is 42.5 Å². The van der Waals surface area contributed by atoms with E-state index in [4.69, 9.17) is 5.73 Å². The molecule has 0 unspecified atom stereocenters. The molecule has 1 aliphatic rings. The van der Waals surface area contributed by atoms with Crippen LogP contribution in [0.25, 0.3) is 0 Å². The minimum Gasteiger partial charge on any atom is -0.399 e. The second kappa shape index (κ2) is 7.42. The zero-order chi connectivity index (χ0) is 17.1. The van der Waals surface area contributed by atoms with Gasteiger partial charge in [0.05, 0.1) is 16.9 Å². The van der Waals surface area contributed by atoms with Gasteiger partial charge in [-0.05, 0) is 79.1 Å². The lowest BCUT2D eigenvalue weighted by atomic mass is 10.0. The second-order valence-electron chi connectivity index (χ2n) is 6.25. The topological polar surface area (TPSA) is 58.4 Å². The van der Waals surface area contributed by atoms with Crippen LogP contribution in [0.2, 0.25) is 0 Å². The highest BCUT2D eigenvalue weighted by Gasteiger charge is 2.22. The van der Waals surface area contributed by atoms with E-state index in [0.717, 1.165) is 21.5 Å². The molecule has 24 heavy (non-hydrogen) atoms. The summed E-state index contributed by atoms with van der Waals surface area (Å²) in [7, 11) is 0. The highest BCUT2D eigenvalue weighted by atomic mass is 127. The fourth-order valence-corrected chi connectivity index (χ4v) is 3.83. The van der Waals surface area contributed by atoms with Gasteiger partial charge in [-0.2, -0.15) is 0 Å². The molecule has 1 heterocycles. The van der Waals surface area contributed by atoms with Gasteiger partial charge in [-0.3, -0.25) is 4.79 Å². The van der Waals surface area contributed by atoms with Crippen molar-refractivity contribution in [2.24, 2.45) is 0 Å². The first kappa shape index (κ1) is 17.1. The average Bonchev–Trinajstić information content (AvgIpc) is 2.56. The average molecular weight is 435 g/mol. The summed E-state index contributed by atoms with van der Waals surface area (Å²) in [6.45, 7) is 3.25. The molecule has 2 aromatic carbocycles. The Morgan fingerprint density at radius 1 is 1.25 bits per heavy atom. The van der Waals surface area contributed by atoms with Gasteiger partial charge in [-0.1, -0.05) is 12.1 Å². The zero-order valence-electron chi connectivity index (χ0n) is 13.8. The third-order valence-electron chi connectivity index (χ3n) is 4.50. The summed E-state index contributed by atoms with van der Waals surface area (Å²) in [6.07, 6.45) is 3.61. The number of nitrogen functional groups attached to an aromatic ring is 1. The number of piperidine rings is 1. The molecule has 5 heteroatoms. The molecule has 4 nitrogen and oxygen atoms in total. The van der Waals surface area contributed by atoms with Crippen LogP contribution >= 0.6 is 22.6 Å². The van der Waals surface area contributed by atoms with E-state index in [1.165, 1.54) is 19.3 Å². The number of nitrogens with zero attached hydrogens (tertiary/aromatic N) is 1. The van der Waals surface area contributed by atoms with Crippen molar-refractivity contribution in [2.45, 2.75) is 32.2 Å². The van der Waals surface area contributed by atoms with E-state index >= 15 is 0 Å². The van der Waals surface area contributed by atoms with Crippen molar-refractivity contribution >= 4 is 45.6 Å². The Kier molecular flexibility index (Phi) is 5.28. The molecular weight excluding hydrogens is 413 g/mol. The molecule has 0 spiro atoms. The first-order chi connectivity index (χ1) is 11.6. The van der Waals surface area contributed by atoms with E-state index in [1.807, 2.05) is 42.5 Å². The maximum atomic E-state index is 12.7. The molecule has 2 aromatic rings. The van der Waals surface area contributed by atoms with Gasteiger partial charge in [0.25, 0.3) is 5.91 Å². The van der Waals surface area contributed by atoms with Crippen molar-refractivity contribution in [2.75, 3.05) is 22.5 Å². The zero-order valence-corrected chi connectivity index (χ0v) is 15.9. The van der Waals surface area contributed by atoms with Gasteiger partial charge >= 0.3 is 0 Å². The maximum Gasteiger partial charge on any atom is 0.256 e. The Balaban J connectivity index is 1.91. The van der Waals surface area contributed by atoms with Gasteiger partial charge in [-0.15, -0.1) is 0 Å². The SMILES string of the molecule is C[C@@H]1CCCCN1c1ccc(N)cc1NC(=O)c1ccccc1I.